The van der Waals surface area contributed by atoms with Gasteiger partial charge in [0.15, 0.2) is 17.4 Å². The number of nitrogens with one attached hydrogen (secondary N) is 1. The highest BCUT2D eigenvalue weighted by molar-refractivity contribution is 7.99. The molecule has 0 saturated heterocycles. The number of H-pyrrole nitrogens is 1. The fourth-order valence-electron chi connectivity index (χ4n) is 2.10. The second-order valence-corrected chi connectivity index (χ2v) is 5.78. The lowest BCUT2D eigenvalue weighted by molar-refractivity contribution is 0.102. The van der Waals surface area contributed by atoms with Crippen LogP contribution >= 0.6 is 11.8 Å². The van der Waals surface area contributed by atoms with Crippen LogP contribution in [0.4, 0.5) is 0 Å². The summed E-state index contributed by atoms with van der Waals surface area (Å²) in [6, 6.07) is 8.96. The zero-order chi connectivity index (χ0) is 16.2. The van der Waals surface area contributed by atoms with Crippen LogP contribution in [0.25, 0.3) is 11.6 Å². The first kappa shape index (κ1) is 15.4. The van der Waals surface area contributed by atoms with E-state index >= 15 is 0 Å². The normalized spacial score (nSPS) is 10.7. The van der Waals surface area contributed by atoms with Crippen molar-refractivity contribution in [3.63, 3.8) is 0 Å². The Hall–Kier alpha value is -2.54. The minimum Gasteiger partial charge on any atom is -0.496 e. The maximum atomic E-state index is 12.3. The highest BCUT2D eigenvalue weighted by Crippen LogP contribution is 2.22. The minimum absolute atomic E-state index is 0.0186. The summed E-state index contributed by atoms with van der Waals surface area (Å²) in [5, 5.41) is 7.38. The van der Waals surface area contributed by atoms with Crippen molar-refractivity contribution < 1.29 is 13.9 Å². The molecule has 2 heterocycles. The van der Waals surface area contributed by atoms with Crippen LogP contribution in [0.2, 0.25) is 0 Å². The van der Waals surface area contributed by atoms with Crippen molar-refractivity contribution in [3.05, 3.63) is 47.7 Å². The monoisotopic (exact) mass is 329 g/mol. The van der Waals surface area contributed by atoms with Crippen molar-refractivity contribution in [2.75, 3.05) is 12.9 Å². The molecular formula is C16H15N3O3S. The molecule has 6 nitrogen and oxygen atoms in total. The number of methoxy groups -OCH3 is 1. The number of Topliss-reactive ketones (excluding diaryl/α,β-unsaturated/α-hetero) is 1. The van der Waals surface area contributed by atoms with Gasteiger partial charge in [0.05, 0.1) is 19.1 Å². The van der Waals surface area contributed by atoms with Crippen molar-refractivity contribution in [3.8, 4) is 17.3 Å². The molecule has 118 valence electrons. The molecule has 0 aliphatic heterocycles. The zero-order valence-electron chi connectivity index (χ0n) is 12.7. The molecule has 0 aliphatic rings. The molecule has 1 N–H and O–H groups in total. The topological polar surface area (TPSA) is 81.0 Å². The van der Waals surface area contributed by atoms with Gasteiger partial charge in [-0.1, -0.05) is 11.8 Å². The van der Waals surface area contributed by atoms with Gasteiger partial charge in [-0.25, -0.2) is 0 Å². The van der Waals surface area contributed by atoms with E-state index in [2.05, 4.69) is 15.2 Å². The van der Waals surface area contributed by atoms with Gasteiger partial charge >= 0.3 is 0 Å². The van der Waals surface area contributed by atoms with Crippen molar-refractivity contribution >= 4 is 17.5 Å². The number of thioether (sulfide) groups is 1. The molecular weight excluding hydrogens is 314 g/mol. The number of ether oxygens (including phenoxy) is 1. The summed E-state index contributed by atoms with van der Waals surface area (Å²) in [5.41, 5.74) is 1.58. The molecule has 0 amide bonds. The summed E-state index contributed by atoms with van der Waals surface area (Å²) >= 11 is 1.28. The Labute approximate surface area is 137 Å². The molecule has 23 heavy (non-hydrogen) atoms. The molecule has 3 rings (SSSR count). The average molecular weight is 329 g/mol. The predicted octanol–water partition coefficient (Wildman–Crippen LogP) is 3.36. The van der Waals surface area contributed by atoms with E-state index in [4.69, 9.17) is 9.15 Å². The van der Waals surface area contributed by atoms with Gasteiger partial charge in [0, 0.05) is 5.56 Å². The van der Waals surface area contributed by atoms with E-state index in [9.17, 15) is 4.79 Å². The highest BCUT2D eigenvalue weighted by atomic mass is 32.2. The Morgan fingerprint density at radius 3 is 2.96 bits per heavy atom. The fraction of sp³-hybridized carbons (Fsp3) is 0.188. The first-order chi connectivity index (χ1) is 11.2. The van der Waals surface area contributed by atoms with E-state index in [0.717, 1.165) is 11.3 Å². The first-order valence-electron chi connectivity index (χ1n) is 6.94. The third kappa shape index (κ3) is 3.45. The number of aromatic nitrogens is 3. The van der Waals surface area contributed by atoms with Crippen molar-refractivity contribution in [1.29, 1.82) is 0 Å². The largest absolute Gasteiger partial charge is 0.496 e. The van der Waals surface area contributed by atoms with Crippen molar-refractivity contribution in [1.82, 2.24) is 15.2 Å². The number of benzene rings is 1. The van der Waals surface area contributed by atoms with Crippen molar-refractivity contribution in [2.24, 2.45) is 0 Å². The Morgan fingerprint density at radius 2 is 2.26 bits per heavy atom. The van der Waals surface area contributed by atoms with Crippen LogP contribution in [0, 0.1) is 6.92 Å². The minimum atomic E-state index is 0.0186. The molecule has 3 aromatic rings. The van der Waals surface area contributed by atoms with Gasteiger partial charge in [0.2, 0.25) is 5.16 Å². The van der Waals surface area contributed by atoms with Gasteiger partial charge in [-0.05, 0) is 42.8 Å². The third-order valence-corrected chi connectivity index (χ3v) is 4.12. The van der Waals surface area contributed by atoms with Crippen LogP contribution in [0.15, 0.2) is 46.2 Å². The molecule has 2 aromatic heterocycles. The maximum absolute atomic E-state index is 12.3. The van der Waals surface area contributed by atoms with Gasteiger partial charge in [0.25, 0.3) is 0 Å². The van der Waals surface area contributed by atoms with Gasteiger partial charge in [-0.2, -0.15) is 4.98 Å². The zero-order valence-corrected chi connectivity index (χ0v) is 13.5. The van der Waals surface area contributed by atoms with Crippen molar-refractivity contribution in [2.45, 2.75) is 12.1 Å². The molecule has 0 spiro atoms. The lowest BCUT2D eigenvalue weighted by atomic mass is 10.1. The molecule has 0 radical (unpaired) electrons. The quantitative estimate of drug-likeness (QED) is 0.552. The van der Waals surface area contributed by atoms with E-state index in [-0.39, 0.29) is 11.5 Å². The third-order valence-electron chi connectivity index (χ3n) is 3.27. The number of aromatic amines is 1. The summed E-state index contributed by atoms with van der Waals surface area (Å²) in [6.07, 6.45) is 1.57. The average Bonchev–Trinajstić information content (AvgIpc) is 3.23. The van der Waals surface area contributed by atoms with E-state index in [1.165, 1.54) is 11.8 Å². The number of carbonyl (C=O) groups excluding carboxylic acids is 1. The summed E-state index contributed by atoms with van der Waals surface area (Å²) in [4.78, 5) is 16.6. The number of carbonyl (C=O) groups is 1. The van der Waals surface area contributed by atoms with Gasteiger partial charge in [-0.3, -0.25) is 9.89 Å². The van der Waals surface area contributed by atoms with Crippen LogP contribution in [0.3, 0.4) is 0 Å². The van der Waals surface area contributed by atoms with E-state index in [0.29, 0.717) is 22.3 Å². The summed E-state index contributed by atoms with van der Waals surface area (Å²) in [6.45, 7) is 1.91. The maximum Gasteiger partial charge on any atom is 0.209 e. The Kier molecular flexibility index (Phi) is 4.47. The van der Waals surface area contributed by atoms with Crippen LogP contribution in [-0.2, 0) is 0 Å². The Morgan fingerprint density at radius 1 is 1.39 bits per heavy atom. The van der Waals surface area contributed by atoms with Gasteiger partial charge in [-0.15, -0.1) is 5.10 Å². The van der Waals surface area contributed by atoms with Gasteiger partial charge in [0.1, 0.15) is 5.75 Å². The number of ketones is 1. The van der Waals surface area contributed by atoms with Crippen LogP contribution in [-0.4, -0.2) is 33.8 Å². The Balaban J connectivity index is 1.64. The molecule has 1 aromatic carbocycles. The number of nitrogens with zero attached hydrogens (tertiary/aromatic N) is 2. The van der Waals surface area contributed by atoms with E-state index < -0.39 is 0 Å². The summed E-state index contributed by atoms with van der Waals surface area (Å²) < 4.78 is 10.4. The van der Waals surface area contributed by atoms with E-state index in [1.54, 1.807) is 37.6 Å². The lowest BCUT2D eigenvalue weighted by Gasteiger charge is -2.06. The number of hydrogen-bond acceptors (Lipinski definition) is 6. The molecule has 0 bridgehead atoms. The van der Waals surface area contributed by atoms with Crippen LogP contribution in [0.1, 0.15) is 15.9 Å². The Bertz CT molecular complexity index is 812. The van der Waals surface area contributed by atoms with E-state index in [1.807, 2.05) is 13.0 Å². The molecule has 7 heteroatoms. The number of furan rings is 1. The number of hydrogen-bond donors (Lipinski definition) is 1. The lowest BCUT2D eigenvalue weighted by Crippen LogP contribution is -2.03. The molecule has 0 atom stereocenters. The summed E-state index contributed by atoms with van der Waals surface area (Å²) in [5.74, 6) is 2.21. The second-order valence-electron chi connectivity index (χ2n) is 4.84. The second kappa shape index (κ2) is 6.70. The predicted molar refractivity (Wildman–Crippen MR) is 86.9 cm³/mol. The SMILES string of the molecule is COc1ccc(C(=O)CSc2n[nH]c(-c3ccco3)n2)cc1C. The number of aryl methyl sites for hydroxylation is 1. The first-order valence-corrected chi connectivity index (χ1v) is 7.93. The fourth-order valence-corrected chi connectivity index (χ4v) is 2.79. The highest BCUT2D eigenvalue weighted by Gasteiger charge is 2.12. The van der Waals surface area contributed by atoms with Gasteiger partial charge < -0.3 is 9.15 Å². The molecule has 0 saturated carbocycles. The smallest absolute Gasteiger partial charge is 0.209 e. The standard InChI is InChI=1S/C16H15N3O3S/c1-10-8-11(5-6-13(10)21-2)12(20)9-23-16-17-15(18-19-16)14-4-3-7-22-14/h3-8H,9H2,1-2H3,(H,17,18,19). The van der Waals surface area contributed by atoms with Crippen LogP contribution < -0.4 is 4.74 Å². The number of rotatable bonds is 6. The molecule has 0 fully saturated rings. The van der Waals surface area contributed by atoms with Crippen LogP contribution in [0.5, 0.6) is 5.75 Å². The molecule has 0 unspecified atom stereocenters. The summed E-state index contributed by atoms with van der Waals surface area (Å²) in [7, 11) is 1.61. The molecule has 0 aliphatic carbocycles.